The summed E-state index contributed by atoms with van der Waals surface area (Å²) in [5.41, 5.74) is 6.88. The van der Waals surface area contributed by atoms with Crippen LogP contribution in [0.3, 0.4) is 0 Å². The number of imide groups is 1. The fourth-order valence-electron chi connectivity index (χ4n) is 11.2. The summed E-state index contributed by atoms with van der Waals surface area (Å²) in [5, 5.41) is 28.2. The molecule has 4 aliphatic heterocycles. The number of pyridine rings is 2. The van der Waals surface area contributed by atoms with E-state index in [1.54, 1.807) is 10.7 Å². The highest BCUT2D eigenvalue weighted by atomic mass is 16.2. The lowest BCUT2D eigenvalue weighted by Crippen LogP contribution is -2.61. The van der Waals surface area contributed by atoms with Crippen LogP contribution < -0.4 is 20.9 Å². The Morgan fingerprint density at radius 3 is 2.29 bits per heavy atom. The minimum Gasteiger partial charge on any atom is -0.374 e. The molecule has 354 valence electrons. The zero-order chi connectivity index (χ0) is 47.2. The van der Waals surface area contributed by atoms with Gasteiger partial charge >= 0.3 is 0 Å². The van der Waals surface area contributed by atoms with Crippen LogP contribution in [-0.4, -0.2) is 116 Å². The van der Waals surface area contributed by atoms with E-state index in [1.165, 1.54) is 5.56 Å². The maximum absolute atomic E-state index is 13.5. The molecule has 4 amide bonds. The first-order valence-corrected chi connectivity index (χ1v) is 24.5. The third kappa shape index (κ3) is 9.20. The fraction of sp³-hybridized carbons (Fsp3) is 0.500. The van der Waals surface area contributed by atoms with E-state index in [-0.39, 0.29) is 41.1 Å². The van der Waals surface area contributed by atoms with Crippen LogP contribution in [0.5, 0.6) is 0 Å². The molecule has 8 heterocycles. The third-order valence-electron chi connectivity index (χ3n) is 15.6. The number of fused-ring (bicyclic) bond motifs is 1. The van der Waals surface area contributed by atoms with Gasteiger partial charge in [-0.2, -0.15) is 15.5 Å². The predicted octanol–water partition coefficient (Wildman–Crippen LogP) is 6.30. The average Bonchev–Trinajstić information content (AvgIpc) is 4.00. The van der Waals surface area contributed by atoms with Gasteiger partial charge in [-0.05, 0) is 127 Å². The molecule has 1 saturated carbocycles. The molecule has 68 heavy (non-hydrogen) atoms. The van der Waals surface area contributed by atoms with Gasteiger partial charge in [-0.25, -0.2) is 9.50 Å². The van der Waals surface area contributed by atoms with Crippen molar-refractivity contribution in [3.63, 3.8) is 0 Å². The number of benzene rings is 1. The molecule has 0 radical (unpaired) electrons. The lowest BCUT2D eigenvalue weighted by Gasteiger charge is -2.53. The molecule has 5 aliphatic rings. The van der Waals surface area contributed by atoms with Crippen molar-refractivity contribution in [2.45, 2.75) is 109 Å². The molecule has 1 atom stereocenters. The number of carbonyl (C=O) groups is 4. The number of hydrogen-bond donors (Lipinski definition) is 3. The molecular weight excluding hydrogens is 857 g/mol. The van der Waals surface area contributed by atoms with E-state index in [0.717, 1.165) is 130 Å². The first kappa shape index (κ1) is 45.2. The molecule has 4 aromatic heterocycles. The number of aromatic nitrogens is 5. The number of hydrogen-bond acceptors (Lipinski definition) is 11. The summed E-state index contributed by atoms with van der Waals surface area (Å²) in [6, 6.07) is 16.8. The quantitative estimate of drug-likeness (QED) is 0.126. The van der Waals surface area contributed by atoms with Gasteiger partial charge in [-0.3, -0.25) is 34.1 Å². The smallest absolute Gasteiger partial charge is 0.249 e. The number of piperidine rings is 3. The molecule has 4 saturated heterocycles. The third-order valence-corrected chi connectivity index (χ3v) is 15.6. The van der Waals surface area contributed by atoms with Crippen molar-refractivity contribution in [1.29, 1.82) is 5.26 Å². The molecule has 0 bridgehead atoms. The number of amides is 4. The van der Waals surface area contributed by atoms with Crippen LogP contribution in [0.2, 0.25) is 0 Å². The first-order chi connectivity index (χ1) is 32.8. The number of nitrogens with one attached hydrogen (secondary N) is 3. The zero-order valence-corrected chi connectivity index (χ0v) is 39.4. The number of nitriles is 1. The Morgan fingerprint density at radius 1 is 0.868 bits per heavy atom. The Hall–Kier alpha value is -6.60. The van der Waals surface area contributed by atoms with Gasteiger partial charge in [0.05, 0.1) is 36.1 Å². The Balaban J connectivity index is 0.709. The van der Waals surface area contributed by atoms with E-state index < -0.39 is 11.5 Å². The van der Waals surface area contributed by atoms with Crippen molar-refractivity contribution in [3.8, 4) is 28.3 Å². The van der Waals surface area contributed by atoms with Crippen LogP contribution in [0, 0.1) is 22.2 Å². The first-order valence-electron chi connectivity index (χ1n) is 24.5. The number of anilines is 2. The summed E-state index contributed by atoms with van der Waals surface area (Å²) < 4.78 is 3.89. The second-order valence-corrected chi connectivity index (χ2v) is 20.7. The van der Waals surface area contributed by atoms with E-state index in [4.69, 9.17) is 10.1 Å². The highest BCUT2D eigenvalue weighted by Gasteiger charge is 2.47. The minimum atomic E-state index is -0.395. The number of carbonyl (C=O) groups excluding carboxylic acids is 4. The second kappa shape index (κ2) is 18.5. The molecule has 10 rings (SSSR count). The SMILES string of the molecule is CC(C)NC(=O)C1(C)CCN(c2ccc(-c3cc(-c4cnn(C5CCC6(CC5)CN(C(=O)CN5CCC(c7ccc(NC8CCC(=O)NC8=O)cc7)CC5)C6)c4)cn4ncc(C#N)c34)cn2)CC1. The highest BCUT2D eigenvalue weighted by Crippen LogP contribution is 2.47. The van der Waals surface area contributed by atoms with Gasteiger partial charge in [-0.1, -0.05) is 19.1 Å². The van der Waals surface area contributed by atoms with Gasteiger partial charge in [0.2, 0.25) is 23.6 Å². The largest absolute Gasteiger partial charge is 0.374 e. The lowest BCUT2D eigenvalue weighted by molar-refractivity contribution is -0.147. The van der Waals surface area contributed by atoms with Gasteiger partial charge in [0.15, 0.2) is 0 Å². The van der Waals surface area contributed by atoms with Crippen LogP contribution in [0.1, 0.15) is 108 Å². The van der Waals surface area contributed by atoms with Gasteiger partial charge in [0, 0.05) is 96.0 Å². The van der Waals surface area contributed by atoms with E-state index in [0.29, 0.717) is 30.9 Å². The van der Waals surface area contributed by atoms with Crippen LogP contribution in [0.15, 0.2) is 73.4 Å². The van der Waals surface area contributed by atoms with Crippen LogP contribution in [0.25, 0.3) is 27.8 Å². The van der Waals surface area contributed by atoms with E-state index >= 15 is 0 Å². The number of nitrogens with zero attached hydrogens (tertiary/aromatic N) is 9. The van der Waals surface area contributed by atoms with Crippen molar-refractivity contribution in [3.05, 3.63) is 84.6 Å². The van der Waals surface area contributed by atoms with Crippen molar-refractivity contribution < 1.29 is 19.2 Å². The van der Waals surface area contributed by atoms with Gasteiger partial charge in [0.1, 0.15) is 17.9 Å². The van der Waals surface area contributed by atoms with Crippen molar-refractivity contribution >= 4 is 40.7 Å². The summed E-state index contributed by atoms with van der Waals surface area (Å²) in [6.45, 7) is 11.5. The Kier molecular flexibility index (Phi) is 12.3. The number of likely N-dealkylation sites (tertiary alicyclic amines) is 2. The molecule has 1 aromatic carbocycles. The lowest BCUT2D eigenvalue weighted by atomic mass is 9.67. The predicted molar refractivity (Wildman–Crippen MR) is 258 cm³/mol. The molecule has 1 aliphatic carbocycles. The van der Waals surface area contributed by atoms with Crippen molar-refractivity contribution in [2.24, 2.45) is 10.8 Å². The standard InChI is InChI=1S/C52H62N12O4/c1-34(2)57-50(68)51(3)18-22-61(23-19-51)45-10-6-37(26-54-45)43-24-38(29-64-48(43)39(25-53)27-56-64)40-28-55-63(30-40)42-12-16-52(17-13-42)32-62(33-52)47(66)31-60-20-14-36(15-21-60)35-4-7-41(8-5-35)58-44-9-11-46(65)59-49(44)67/h4-8,10,24,26-30,34,36,42,44,58H,9,11-23,31-33H2,1-3H3,(H,57,68)(H,59,65,67). The topological polar surface area (TPSA) is 186 Å². The summed E-state index contributed by atoms with van der Waals surface area (Å²) in [5.74, 6) is 1.18. The van der Waals surface area contributed by atoms with E-state index in [9.17, 15) is 24.4 Å². The average molecular weight is 919 g/mol. The van der Waals surface area contributed by atoms with E-state index in [1.807, 2.05) is 50.6 Å². The molecule has 16 heteroatoms. The van der Waals surface area contributed by atoms with Crippen LogP contribution >= 0.6 is 0 Å². The van der Waals surface area contributed by atoms with Crippen LogP contribution in [-0.2, 0) is 19.2 Å². The summed E-state index contributed by atoms with van der Waals surface area (Å²) in [6.07, 6.45) is 18.0. The summed E-state index contributed by atoms with van der Waals surface area (Å²) in [7, 11) is 0. The zero-order valence-electron chi connectivity index (χ0n) is 39.4. The van der Waals surface area contributed by atoms with Crippen molar-refractivity contribution in [1.82, 2.24) is 44.8 Å². The van der Waals surface area contributed by atoms with E-state index in [2.05, 4.69) is 83.9 Å². The molecular formula is C52H62N12O4. The van der Waals surface area contributed by atoms with Gasteiger partial charge in [0.25, 0.3) is 0 Å². The monoisotopic (exact) mass is 919 g/mol. The van der Waals surface area contributed by atoms with Gasteiger partial charge in [-0.15, -0.1) is 0 Å². The molecule has 3 N–H and O–H groups in total. The number of rotatable bonds is 11. The molecule has 1 spiro atoms. The Labute approximate surface area is 397 Å². The van der Waals surface area contributed by atoms with Gasteiger partial charge < -0.3 is 20.4 Å². The maximum Gasteiger partial charge on any atom is 0.249 e. The molecule has 5 fully saturated rings. The van der Waals surface area contributed by atoms with Crippen molar-refractivity contribution in [2.75, 3.05) is 56.0 Å². The summed E-state index contributed by atoms with van der Waals surface area (Å²) >= 11 is 0. The minimum absolute atomic E-state index is 0.114. The Bertz CT molecular complexity index is 2720. The maximum atomic E-state index is 13.5. The summed E-state index contributed by atoms with van der Waals surface area (Å²) in [4.78, 5) is 61.5. The Morgan fingerprint density at radius 2 is 1.62 bits per heavy atom. The van der Waals surface area contributed by atoms with Crippen LogP contribution in [0.4, 0.5) is 11.5 Å². The highest BCUT2D eigenvalue weighted by molar-refractivity contribution is 6.01. The fourth-order valence-corrected chi connectivity index (χ4v) is 11.2. The molecule has 5 aromatic rings. The molecule has 16 nitrogen and oxygen atoms in total. The normalized spacial score (nSPS) is 21.1. The second-order valence-electron chi connectivity index (χ2n) is 20.7. The molecule has 1 unspecified atom stereocenters.